The molecule has 0 spiro atoms. The number of nitrogens with one attached hydrogen (secondary N) is 2. The fourth-order valence-electron chi connectivity index (χ4n) is 4.62. The van der Waals surface area contributed by atoms with Gasteiger partial charge >= 0.3 is 0 Å². The van der Waals surface area contributed by atoms with Crippen molar-refractivity contribution < 1.29 is 19.2 Å². The van der Waals surface area contributed by atoms with E-state index in [-0.39, 0.29) is 30.0 Å². The molecule has 2 unspecified atom stereocenters. The minimum Gasteiger partial charge on any atom is -0.368 e. The number of benzene rings is 1. The van der Waals surface area contributed by atoms with Gasteiger partial charge in [-0.3, -0.25) is 19.2 Å². The minimum atomic E-state index is -1.77. The molecule has 36 heavy (non-hydrogen) atoms. The van der Waals surface area contributed by atoms with Gasteiger partial charge in [0, 0.05) is 5.92 Å². The summed E-state index contributed by atoms with van der Waals surface area (Å²) in [5.41, 5.74) is 16.9. The first-order chi connectivity index (χ1) is 17.0. The number of hydrogen-bond acceptors (Lipinski definition) is 6. The van der Waals surface area contributed by atoms with Gasteiger partial charge in [0.1, 0.15) is 12.1 Å². The number of ketones is 1. The third-order valence-electron chi connectivity index (χ3n) is 6.79. The maximum atomic E-state index is 13.6. The molecule has 3 amide bonds. The summed E-state index contributed by atoms with van der Waals surface area (Å²) in [5, 5.41) is 5.39. The van der Waals surface area contributed by atoms with Crippen molar-refractivity contribution in [2.75, 3.05) is 6.54 Å². The fourth-order valence-corrected chi connectivity index (χ4v) is 4.62. The molecule has 0 heterocycles. The molecule has 1 aliphatic carbocycles. The van der Waals surface area contributed by atoms with Crippen LogP contribution in [0.4, 0.5) is 0 Å². The fraction of sp³-hybridized carbons (Fsp3) is 0.630. The van der Waals surface area contributed by atoms with Crippen LogP contribution in [0.25, 0.3) is 0 Å². The third-order valence-corrected chi connectivity index (χ3v) is 6.79. The van der Waals surface area contributed by atoms with Crippen molar-refractivity contribution in [1.29, 1.82) is 0 Å². The lowest BCUT2D eigenvalue weighted by atomic mass is 9.84. The molecule has 0 radical (unpaired) electrons. The zero-order valence-corrected chi connectivity index (χ0v) is 21.8. The van der Waals surface area contributed by atoms with Crippen LogP contribution in [0.15, 0.2) is 30.3 Å². The van der Waals surface area contributed by atoms with Crippen LogP contribution in [0.2, 0.25) is 0 Å². The van der Waals surface area contributed by atoms with Gasteiger partial charge in [0.25, 0.3) is 0 Å². The van der Waals surface area contributed by atoms with E-state index in [1.165, 1.54) is 0 Å². The van der Waals surface area contributed by atoms with E-state index in [1.807, 2.05) is 51.1 Å². The molecule has 0 saturated heterocycles. The summed E-state index contributed by atoms with van der Waals surface area (Å²) in [6.45, 7) is 6.14. The van der Waals surface area contributed by atoms with Gasteiger partial charge in [-0.25, -0.2) is 0 Å². The second-order valence-corrected chi connectivity index (χ2v) is 10.3. The van der Waals surface area contributed by atoms with Crippen LogP contribution in [-0.4, -0.2) is 47.7 Å². The molecule has 1 saturated carbocycles. The van der Waals surface area contributed by atoms with E-state index in [4.69, 9.17) is 17.2 Å². The molecule has 8 N–H and O–H groups in total. The molecule has 0 bridgehead atoms. The van der Waals surface area contributed by atoms with Crippen molar-refractivity contribution in [3.63, 3.8) is 0 Å². The molecule has 1 fully saturated rings. The first-order valence-electron chi connectivity index (χ1n) is 13.0. The molecular weight excluding hydrogens is 458 g/mol. The van der Waals surface area contributed by atoms with Crippen LogP contribution in [0.3, 0.4) is 0 Å². The van der Waals surface area contributed by atoms with E-state index >= 15 is 0 Å². The molecule has 5 atom stereocenters. The number of Topliss-reactive ketones (excluding diaryl/α,β-unsaturated/α-hetero) is 1. The number of primary amides is 1. The van der Waals surface area contributed by atoms with Crippen LogP contribution in [-0.2, 0) is 19.2 Å². The van der Waals surface area contributed by atoms with Crippen LogP contribution in [0.1, 0.15) is 77.2 Å². The molecule has 0 aliphatic heterocycles. The molecule has 1 aromatic carbocycles. The standard InChI is InChI=1S/C27H43N5O4/c1-4-10-21(25(35)31-22(24(29)34)15-17(2)3)32-26(36)27(30,13-8-9-14-28)23(33)20-16-19(20)18-11-6-5-7-12-18/h5-7,11-12,17,19-22H,4,8-10,13-16,28,30H2,1-3H3,(H2,29,34)(H,31,35)(H,32,36)/t19?,20?,21-,22-,27+/m0/s1. The Bertz CT molecular complexity index is 907. The summed E-state index contributed by atoms with van der Waals surface area (Å²) in [6, 6.07) is 7.92. The van der Waals surface area contributed by atoms with Crippen molar-refractivity contribution in [2.45, 2.75) is 89.3 Å². The summed E-state index contributed by atoms with van der Waals surface area (Å²) in [6.07, 6.45) is 3.23. The van der Waals surface area contributed by atoms with E-state index in [9.17, 15) is 19.2 Å². The Kier molecular flexibility index (Phi) is 11.0. The minimum absolute atomic E-state index is 0.0334. The average molecular weight is 502 g/mol. The maximum absolute atomic E-state index is 13.6. The van der Waals surface area contributed by atoms with E-state index in [2.05, 4.69) is 10.6 Å². The Morgan fingerprint density at radius 2 is 1.72 bits per heavy atom. The number of hydrogen-bond donors (Lipinski definition) is 5. The summed E-state index contributed by atoms with van der Waals surface area (Å²) < 4.78 is 0. The molecule has 9 heteroatoms. The summed E-state index contributed by atoms with van der Waals surface area (Å²) in [5.74, 6) is -2.30. The largest absolute Gasteiger partial charge is 0.368 e. The van der Waals surface area contributed by atoms with Gasteiger partial charge in [-0.15, -0.1) is 0 Å². The lowest BCUT2D eigenvalue weighted by Crippen LogP contribution is -2.63. The molecular formula is C27H43N5O4. The Hall–Kier alpha value is -2.78. The second-order valence-electron chi connectivity index (χ2n) is 10.3. The number of carbonyl (C=O) groups excluding carboxylic acids is 4. The number of amides is 3. The summed E-state index contributed by atoms with van der Waals surface area (Å²) in [4.78, 5) is 51.9. The topological polar surface area (TPSA) is 170 Å². The smallest absolute Gasteiger partial charge is 0.248 e. The van der Waals surface area contributed by atoms with Crippen LogP contribution >= 0.6 is 0 Å². The van der Waals surface area contributed by atoms with Crippen LogP contribution < -0.4 is 27.8 Å². The number of rotatable bonds is 16. The van der Waals surface area contributed by atoms with Gasteiger partial charge in [0.15, 0.2) is 11.3 Å². The van der Waals surface area contributed by atoms with Crippen molar-refractivity contribution in [3.8, 4) is 0 Å². The average Bonchev–Trinajstić information content (AvgIpc) is 3.64. The lowest BCUT2D eigenvalue weighted by molar-refractivity contribution is -0.139. The third kappa shape index (κ3) is 7.86. The second kappa shape index (κ2) is 13.5. The quantitative estimate of drug-likeness (QED) is 0.170. The highest BCUT2D eigenvalue weighted by Crippen LogP contribution is 2.49. The van der Waals surface area contributed by atoms with Gasteiger partial charge in [0.05, 0.1) is 0 Å². The van der Waals surface area contributed by atoms with E-state index in [0.717, 1.165) is 5.56 Å². The van der Waals surface area contributed by atoms with E-state index in [0.29, 0.717) is 45.1 Å². The maximum Gasteiger partial charge on any atom is 0.248 e. The van der Waals surface area contributed by atoms with Gasteiger partial charge < -0.3 is 27.8 Å². The molecule has 2 rings (SSSR count). The Morgan fingerprint density at radius 1 is 1.06 bits per heavy atom. The molecule has 1 aliphatic rings. The predicted molar refractivity (Wildman–Crippen MR) is 140 cm³/mol. The monoisotopic (exact) mass is 501 g/mol. The Balaban J connectivity index is 2.19. The summed E-state index contributed by atoms with van der Waals surface area (Å²) >= 11 is 0. The highest BCUT2D eigenvalue weighted by atomic mass is 16.2. The van der Waals surface area contributed by atoms with Gasteiger partial charge in [-0.1, -0.05) is 57.5 Å². The highest BCUT2D eigenvalue weighted by molar-refractivity contribution is 6.13. The van der Waals surface area contributed by atoms with Crippen molar-refractivity contribution in [1.82, 2.24) is 10.6 Å². The number of unbranched alkanes of at least 4 members (excludes halogenated alkanes) is 1. The van der Waals surface area contributed by atoms with Crippen LogP contribution in [0.5, 0.6) is 0 Å². The van der Waals surface area contributed by atoms with Gasteiger partial charge in [-0.05, 0) is 62.5 Å². The van der Waals surface area contributed by atoms with Crippen molar-refractivity contribution in [3.05, 3.63) is 35.9 Å². The molecule has 9 nitrogen and oxygen atoms in total. The van der Waals surface area contributed by atoms with Gasteiger partial charge in [0.2, 0.25) is 17.7 Å². The number of carbonyl (C=O) groups is 4. The van der Waals surface area contributed by atoms with E-state index in [1.54, 1.807) is 0 Å². The lowest BCUT2D eigenvalue weighted by Gasteiger charge is -2.30. The molecule has 0 aromatic heterocycles. The zero-order chi connectivity index (χ0) is 26.9. The Labute approximate surface area is 214 Å². The Morgan fingerprint density at radius 3 is 2.28 bits per heavy atom. The van der Waals surface area contributed by atoms with Crippen LogP contribution in [0, 0.1) is 11.8 Å². The SMILES string of the molecule is CCC[C@H](NC(=O)[C@@](N)(CCCCN)C(=O)C1CC1c1ccccc1)C(=O)N[C@@H](CC(C)C)C(N)=O. The first kappa shape index (κ1) is 29.5. The molecule has 1 aromatic rings. The van der Waals surface area contributed by atoms with Gasteiger partial charge in [-0.2, -0.15) is 0 Å². The van der Waals surface area contributed by atoms with Crippen molar-refractivity contribution >= 4 is 23.5 Å². The van der Waals surface area contributed by atoms with Crippen molar-refractivity contribution in [2.24, 2.45) is 29.0 Å². The summed E-state index contributed by atoms with van der Waals surface area (Å²) in [7, 11) is 0. The number of nitrogens with two attached hydrogens (primary N) is 3. The molecule has 200 valence electrons. The predicted octanol–water partition coefficient (Wildman–Crippen LogP) is 1.49. The zero-order valence-electron chi connectivity index (χ0n) is 21.8. The highest BCUT2D eigenvalue weighted by Gasteiger charge is 2.53. The first-order valence-corrected chi connectivity index (χ1v) is 13.0. The normalized spacial score (nSPS) is 20.2. The van der Waals surface area contributed by atoms with E-state index < -0.39 is 35.3 Å².